The van der Waals surface area contributed by atoms with Crippen LogP contribution < -0.4 is 14.4 Å². The Kier molecular flexibility index (Phi) is 6.70. The van der Waals surface area contributed by atoms with E-state index in [0.29, 0.717) is 23.0 Å². The highest BCUT2D eigenvalue weighted by Crippen LogP contribution is 2.61. The van der Waals surface area contributed by atoms with Crippen molar-refractivity contribution in [3.63, 3.8) is 0 Å². The highest BCUT2D eigenvalue weighted by atomic mass is 32.2. The lowest BCUT2D eigenvalue weighted by Gasteiger charge is -2.35. The minimum atomic E-state index is -0.521. The SMILES string of the molecule is c1ccc(C2(c3ccccc3)c3ccccc3-c3cc4c(cc32)Oc2cccc(-c3ccccc3N3c5ccccc5Sc5ccccc53)c2O4)cc1. The highest BCUT2D eigenvalue weighted by molar-refractivity contribution is 7.99. The lowest BCUT2D eigenvalue weighted by Crippen LogP contribution is -2.28. The van der Waals surface area contributed by atoms with Gasteiger partial charge in [-0.3, -0.25) is 0 Å². The highest BCUT2D eigenvalue weighted by Gasteiger charge is 2.47. The number of para-hydroxylation sites is 4. The smallest absolute Gasteiger partial charge is 0.178 e. The molecule has 0 N–H and O–H groups in total. The van der Waals surface area contributed by atoms with Gasteiger partial charge in [0.25, 0.3) is 0 Å². The third-order valence-corrected chi connectivity index (χ3v) is 11.9. The standard InChI is InChI=1S/C49H31NO2S/c1-3-16-32(17-4-1)49(33-18-5-2-6-19-33)38-23-9-7-20-34(38)37-30-44-45(31-39(37)49)51-43-27-15-22-36(48(43)52-44)35-21-8-10-24-40(35)50-41-25-11-13-28-46(41)53-47-29-14-12-26-42(47)50/h1-31H. The first kappa shape index (κ1) is 30.2. The zero-order chi connectivity index (χ0) is 34.9. The van der Waals surface area contributed by atoms with Crippen LogP contribution in [-0.2, 0) is 5.41 Å². The molecule has 0 amide bonds. The molecule has 0 saturated carbocycles. The Hall–Kier alpha value is -6.49. The molecule has 8 aromatic rings. The second kappa shape index (κ2) is 11.8. The first-order valence-corrected chi connectivity index (χ1v) is 18.7. The fraction of sp³-hybridized carbons (Fsp3) is 0.0204. The molecule has 53 heavy (non-hydrogen) atoms. The van der Waals surface area contributed by atoms with Crippen molar-refractivity contribution in [1.29, 1.82) is 0 Å². The molecule has 0 unspecified atom stereocenters. The van der Waals surface area contributed by atoms with E-state index >= 15 is 0 Å². The van der Waals surface area contributed by atoms with E-state index in [-0.39, 0.29) is 0 Å². The molecule has 0 atom stereocenters. The van der Waals surface area contributed by atoms with Gasteiger partial charge in [-0.05, 0) is 81.9 Å². The maximum atomic E-state index is 7.02. The molecule has 3 nitrogen and oxygen atoms in total. The summed E-state index contributed by atoms with van der Waals surface area (Å²) in [6.07, 6.45) is 0. The van der Waals surface area contributed by atoms with Gasteiger partial charge in [-0.1, -0.05) is 151 Å². The molecule has 0 saturated heterocycles. The van der Waals surface area contributed by atoms with Crippen molar-refractivity contribution < 1.29 is 9.47 Å². The first-order chi connectivity index (χ1) is 26.3. The molecule has 0 fully saturated rings. The third-order valence-electron chi connectivity index (χ3n) is 10.8. The Morgan fingerprint density at radius 1 is 0.377 bits per heavy atom. The van der Waals surface area contributed by atoms with Crippen LogP contribution in [0.2, 0.25) is 0 Å². The number of rotatable bonds is 4. The molecule has 0 radical (unpaired) electrons. The Balaban J connectivity index is 1.08. The molecule has 8 aromatic carbocycles. The summed E-state index contributed by atoms with van der Waals surface area (Å²) >= 11 is 1.81. The van der Waals surface area contributed by atoms with Gasteiger partial charge in [0.15, 0.2) is 23.0 Å². The largest absolute Gasteiger partial charge is 0.449 e. The third kappa shape index (κ3) is 4.43. The van der Waals surface area contributed by atoms with Gasteiger partial charge < -0.3 is 14.4 Å². The summed E-state index contributed by atoms with van der Waals surface area (Å²) < 4.78 is 13.9. The number of hydrogen-bond donors (Lipinski definition) is 0. The molecule has 0 aromatic heterocycles. The molecular formula is C49H31NO2S. The van der Waals surface area contributed by atoms with E-state index in [9.17, 15) is 0 Å². The molecule has 3 aliphatic rings. The number of benzene rings is 8. The summed E-state index contributed by atoms with van der Waals surface area (Å²) in [7, 11) is 0. The van der Waals surface area contributed by atoms with Gasteiger partial charge in [-0.15, -0.1) is 0 Å². The zero-order valence-electron chi connectivity index (χ0n) is 28.6. The Labute approximate surface area is 312 Å². The van der Waals surface area contributed by atoms with E-state index < -0.39 is 5.41 Å². The zero-order valence-corrected chi connectivity index (χ0v) is 29.4. The van der Waals surface area contributed by atoms with Gasteiger partial charge in [0, 0.05) is 20.9 Å². The molecule has 2 aliphatic heterocycles. The second-order valence-corrected chi connectivity index (χ2v) is 14.7. The van der Waals surface area contributed by atoms with Crippen LogP contribution in [0.15, 0.2) is 198 Å². The van der Waals surface area contributed by atoms with Crippen LogP contribution in [0.3, 0.4) is 0 Å². The van der Waals surface area contributed by atoms with Crippen molar-refractivity contribution in [2.75, 3.05) is 4.90 Å². The van der Waals surface area contributed by atoms with Crippen LogP contribution in [0.25, 0.3) is 22.3 Å². The number of nitrogens with zero attached hydrogens (tertiary/aromatic N) is 1. The predicted octanol–water partition coefficient (Wildman–Crippen LogP) is 13.5. The van der Waals surface area contributed by atoms with E-state index in [1.165, 1.54) is 37.6 Å². The van der Waals surface area contributed by atoms with Crippen LogP contribution >= 0.6 is 11.8 Å². The van der Waals surface area contributed by atoms with Gasteiger partial charge in [0.2, 0.25) is 0 Å². The van der Waals surface area contributed by atoms with Crippen LogP contribution in [-0.4, -0.2) is 0 Å². The summed E-state index contributed by atoms with van der Waals surface area (Å²) in [5.41, 5.74) is 12.1. The second-order valence-electron chi connectivity index (χ2n) is 13.6. The maximum absolute atomic E-state index is 7.02. The summed E-state index contributed by atoms with van der Waals surface area (Å²) in [5, 5.41) is 0. The van der Waals surface area contributed by atoms with Crippen molar-refractivity contribution >= 4 is 28.8 Å². The summed E-state index contributed by atoms with van der Waals surface area (Å²) in [6, 6.07) is 66.9. The maximum Gasteiger partial charge on any atom is 0.178 e. The summed E-state index contributed by atoms with van der Waals surface area (Å²) in [6.45, 7) is 0. The average Bonchev–Trinajstić information content (AvgIpc) is 3.51. The topological polar surface area (TPSA) is 21.7 Å². The van der Waals surface area contributed by atoms with E-state index in [1.807, 2.05) is 17.8 Å². The number of ether oxygens (including phenoxy) is 2. The van der Waals surface area contributed by atoms with Crippen molar-refractivity contribution in [2.24, 2.45) is 0 Å². The van der Waals surface area contributed by atoms with Crippen LogP contribution in [0.1, 0.15) is 22.3 Å². The fourth-order valence-corrected chi connectivity index (χ4v) is 9.67. The van der Waals surface area contributed by atoms with Gasteiger partial charge in [0.1, 0.15) is 0 Å². The molecule has 2 heterocycles. The minimum Gasteiger partial charge on any atom is -0.449 e. The molecule has 0 bridgehead atoms. The van der Waals surface area contributed by atoms with Gasteiger partial charge >= 0.3 is 0 Å². The number of hydrogen-bond acceptors (Lipinski definition) is 4. The van der Waals surface area contributed by atoms with Gasteiger partial charge in [-0.2, -0.15) is 0 Å². The molecule has 4 heteroatoms. The Morgan fingerprint density at radius 3 is 1.62 bits per heavy atom. The molecule has 11 rings (SSSR count). The normalized spacial score (nSPS) is 14.0. The van der Waals surface area contributed by atoms with Crippen LogP contribution in [0.4, 0.5) is 17.1 Å². The monoisotopic (exact) mass is 697 g/mol. The van der Waals surface area contributed by atoms with Crippen molar-refractivity contribution in [1.82, 2.24) is 0 Å². The fourth-order valence-electron chi connectivity index (χ4n) is 8.61. The van der Waals surface area contributed by atoms with Crippen LogP contribution in [0, 0.1) is 0 Å². The minimum absolute atomic E-state index is 0.521. The quantitative estimate of drug-likeness (QED) is 0.182. The first-order valence-electron chi connectivity index (χ1n) is 17.9. The van der Waals surface area contributed by atoms with Crippen molar-refractivity contribution in [3.8, 4) is 45.3 Å². The lowest BCUT2D eigenvalue weighted by molar-refractivity contribution is 0.360. The Bertz CT molecular complexity index is 2640. The molecule has 250 valence electrons. The van der Waals surface area contributed by atoms with E-state index in [1.54, 1.807) is 0 Å². The average molecular weight is 698 g/mol. The summed E-state index contributed by atoms with van der Waals surface area (Å²) in [4.78, 5) is 4.83. The number of anilines is 3. The number of fused-ring (bicyclic) bond motifs is 7. The lowest BCUT2D eigenvalue weighted by atomic mass is 9.67. The van der Waals surface area contributed by atoms with Crippen molar-refractivity contribution in [3.05, 3.63) is 210 Å². The summed E-state index contributed by atoms with van der Waals surface area (Å²) in [5.74, 6) is 2.82. The van der Waals surface area contributed by atoms with Gasteiger partial charge in [-0.25, -0.2) is 0 Å². The molecular weight excluding hydrogens is 667 g/mol. The molecule has 0 spiro atoms. The van der Waals surface area contributed by atoms with E-state index in [0.717, 1.165) is 33.8 Å². The van der Waals surface area contributed by atoms with Gasteiger partial charge in [0.05, 0.1) is 22.5 Å². The van der Waals surface area contributed by atoms with E-state index in [4.69, 9.17) is 9.47 Å². The van der Waals surface area contributed by atoms with Crippen molar-refractivity contribution in [2.45, 2.75) is 15.2 Å². The predicted molar refractivity (Wildman–Crippen MR) is 215 cm³/mol. The van der Waals surface area contributed by atoms with E-state index in [2.05, 4.69) is 187 Å². The Morgan fingerprint density at radius 2 is 0.925 bits per heavy atom. The molecule has 1 aliphatic carbocycles. The van der Waals surface area contributed by atoms with Crippen LogP contribution in [0.5, 0.6) is 23.0 Å².